The average molecular weight is 173 g/mol. The van der Waals surface area contributed by atoms with E-state index in [4.69, 9.17) is 4.74 Å². The van der Waals surface area contributed by atoms with Gasteiger partial charge in [-0.15, -0.1) is 0 Å². The van der Waals surface area contributed by atoms with Crippen LogP contribution in [-0.2, 0) is 14.3 Å². The number of hydrogen-bond donors (Lipinski definition) is 1. The van der Waals surface area contributed by atoms with E-state index in [1.807, 2.05) is 0 Å². The molecule has 4 nitrogen and oxygen atoms in total. The molecule has 1 atom stereocenters. The van der Waals surface area contributed by atoms with Crippen molar-refractivity contribution in [3.8, 4) is 0 Å². The Morgan fingerprint density at radius 3 is 3.17 bits per heavy atom. The van der Waals surface area contributed by atoms with Crippen molar-refractivity contribution in [1.82, 2.24) is 5.32 Å². The number of methoxy groups -OCH3 is 1. The maximum atomic E-state index is 10.8. The van der Waals surface area contributed by atoms with Gasteiger partial charge in [-0.3, -0.25) is 4.79 Å². The lowest BCUT2D eigenvalue weighted by atomic mass is 10.1. The average Bonchev–Trinajstić information content (AvgIpc) is 2.16. The van der Waals surface area contributed by atoms with Crippen LogP contribution in [0.5, 0.6) is 0 Å². The minimum atomic E-state index is -0.151. The highest BCUT2D eigenvalue weighted by Gasteiger charge is 2.14. The first kappa shape index (κ1) is 9.48. The highest BCUT2D eigenvalue weighted by Crippen LogP contribution is 2.02. The molecule has 0 saturated carbocycles. The quantitative estimate of drug-likeness (QED) is 0.607. The van der Waals surface area contributed by atoms with Crippen LogP contribution in [0, 0.1) is 0 Å². The van der Waals surface area contributed by atoms with Crippen LogP contribution in [0.15, 0.2) is 0 Å². The molecule has 1 N–H and O–H groups in total. The van der Waals surface area contributed by atoms with Crippen LogP contribution >= 0.6 is 0 Å². The van der Waals surface area contributed by atoms with Gasteiger partial charge in [-0.2, -0.15) is 0 Å². The molecule has 4 heteroatoms. The van der Waals surface area contributed by atoms with Crippen LogP contribution < -0.4 is 5.32 Å². The number of ether oxygens (including phenoxy) is 2. The number of hydrogen-bond acceptors (Lipinski definition) is 4. The highest BCUT2D eigenvalue weighted by molar-refractivity contribution is 5.69. The summed E-state index contributed by atoms with van der Waals surface area (Å²) >= 11 is 0. The molecule has 1 rings (SSSR count). The number of esters is 1. The van der Waals surface area contributed by atoms with Crippen LogP contribution in [0.2, 0.25) is 0 Å². The van der Waals surface area contributed by atoms with Gasteiger partial charge in [0.2, 0.25) is 0 Å². The molecule has 1 heterocycles. The van der Waals surface area contributed by atoms with Crippen molar-refractivity contribution in [3.05, 3.63) is 0 Å². The summed E-state index contributed by atoms with van der Waals surface area (Å²) in [6.45, 7) is 2.36. The number of carbonyl (C=O) groups excluding carboxylic acids is 1. The Hall–Kier alpha value is -0.610. The molecule has 12 heavy (non-hydrogen) atoms. The molecular formula is C8H15NO3. The van der Waals surface area contributed by atoms with Crippen molar-refractivity contribution in [2.45, 2.75) is 18.9 Å². The minimum absolute atomic E-state index is 0.151. The van der Waals surface area contributed by atoms with Crippen molar-refractivity contribution >= 4 is 5.97 Å². The summed E-state index contributed by atoms with van der Waals surface area (Å²) in [6, 6.07) is 0.317. The Morgan fingerprint density at radius 2 is 2.58 bits per heavy atom. The topological polar surface area (TPSA) is 47.6 Å². The number of morpholine rings is 1. The van der Waals surface area contributed by atoms with Gasteiger partial charge in [-0.1, -0.05) is 0 Å². The standard InChI is InChI=1S/C8H15NO3/c1-11-8(10)3-2-7-6-12-5-4-9-7/h7,9H,2-6H2,1H3/t7-/m0/s1. The first-order valence-corrected chi connectivity index (χ1v) is 4.21. The lowest BCUT2D eigenvalue weighted by molar-refractivity contribution is -0.141. The Kier molecular flexibility index (Phi) is 4.04. The molecule has 0 amide bonds. The van der Waals surface area contributed by atoms with E-state index in [1.165, 1.54) is 7.11 Å². The van der Waals surface area contributed by atoms with Crippen LogP contribution in [0.1, 0.15) is 12.8 Å². The van der Waals surface area contributed by atoms with E-state index in [0.717, 1.165) is 19.6 Å². The molecule has 1 aliphatic heterocycles. The molecule has 0 bridgehead atoms. The van der Waals surface area contributed by atoms with Crippen molar-refractivity contribution in [3.63, 3.8) is 0 Å². The molecule has 0 aliphatic carbocycles. The van der Waals surface area contributed by atoms with Gasteiger partial charge >= 0.3 is 5.97 Å². The van der Waals surface area contributed by atoms with Crippen LogP contribution in [0.3, 0.4) is 0 Å². The first-order valence-electron chi connectivity index (χ1n) is 4.21. The van der Waals surface area contributed by atoms with Crippen LogP contribution in [-0.4, -0.2) is 38.9 Å². The van der Waals surface area contributed by atoms with Crippen LogP contribution in [0.4, 0.5) is 0 Å². The lowest BCUT2D eigenvalue weighted by Crippen LogP contribution is -2.41. The van der Waals surface area contributed by atoms with Gasteiger partial charge in [0.15, 0.2) is 0 Å². The van der Waals surface area contributed by atoms with E-state index in [9.17, 15) is 4.79 Å². The maximum absolute atomic E-state index is 10.8. The van der Waals surface area contributed by atoms with Crippen molar-refractivity contribution in [2.75, 3.05) is 26.9 Å². The summed E-state index contributed by atoms with van der Waals surface area (Å²) in [6.07, 6.45) is 1.27. The smallest absolute Gasteiger partial charge is 0.305 e. The molecule has 0 radical (unpaired) electrons. The van der Waals surface area contributed by atoms with E-state index in [0.29, 0.717) is 19.1 Å². The summed E-state index contributed by atoms with van der Waals surface area (Å²) in [5.41, 5.74) is 0. The molecule has 1 aliphatic rings. The van der Waals surface area contributed by atoms with E-state index < -0.39 is 0 Å². The fraction of sp³-hybridized carbons (Fsp3) is 0.875. The third kappa shape index (κ3) is 3.19. The zero-order chi connectivity index (χ0) is 8.81. The van der Waals surface area contributed by atoms with Crippen LogP contribution in [0.25, 0.3) is 0 Å². The normalized spacial score (nSPS) is 23.6. The van der Waals surface area contributed by atoms with Gasteiger partial charge in [0.05, 0.1) is 20.3 Å². The van der Waals surface area contributed by atoms with Gasteiger partial charge in [-0.05, 0) is 6.42 Å². The lowest BCUT2D eigenvalue weighted by Gasteiger charge is -2.23. The zero-order valence-electron chi connectivity index (χ0n) is 7.34. The van der Waals surface area contributed by atoms with Gasteiger partial charge in [-0.25, -0.2) is 0 Å². The van der Waals surface area contributed by atoms with Crippen molar-refractivity contribution in [2.24, 2.45) is 0 Å². The van der Waals surface area contributed by atoms with Gasteiger partial charge in [0, 0.05) is 19.0 Å². The molecule has 1 saturated heterocycles. The van der Waals surface area contributed by atoms with Crippen molar-refractivity contribution < 1.29 is 14.3 Å². The second-order valence-corrected chi connectivity index (χ2v) is 2.84. The van der Waals surface area contributed by atoms with E-state index >= 15 is 0 Å². The minimum Gasteiger partial charge on any atom is -0.469 e. The molecule has 0 spiro atoms. The van der Waals surface area contributed by atoms with Gasteiger partial charge in [0.25, 0.3) is 0 Å². The highest BCUT2D eigenvalue weighted by atomic mass is 16.5. The van der Waals surface area contributed by atoms with Gasteiger partial charge in [0.1, 0.15) is 0 Å². The van der Waals surface area contributed by atoms with E-state index in [-0.39, 0.29) is 5.97 Å². The summed E-state index contributed by atoms with van der Waals surface area (Å²) in [5, 5.41) is 3.27. The van der Waals surface area contributed by atoms with E-state index in [1.54, 1.807) is 0 Å². The molecule has 0 unspecified atom stereocenters. The predicted molar refractivity (Wildman–Crippen MR) is 43.9 cm³/mol. The predicted octanol–water partition coefficient (Wildman–Crippen LogP) is -0.0720. The molecule has 70 valence electrons. The summed E-state index contributed by atoms with van der Waals surface area (Å²) in [5.74, 6) is -0.151. The SMILES string of the molecule is COC(=O)CC[C@H]1COCCN1. The van der Waals surface area contributed by atoms with Crippen molar-refractivity contribution in [1.29, 1.82) is 0 Å². The Morgan fingerprint density at radius 1 is 1.75 bits per heavy atom. The molecule has 1 fully saturated rings. The maximum Gasteiger partial charge on any atom is 0.305 e. The molecule has 0 aromatic carbocycles. The third-order valence-electron chi connectivity index (χ3n) is 1.92. The number of carbonyl (C=O) groups is 1. The molecule has 0 aromatic heterocycles. The fourth-order valence-electron chi connectivity index (χ4n) is 1.20. The zero-order valence-corrected chi connectivity index (χ0v) is 7.34. The molecular weight excluding hydrogens is 158 g/mol. The monoisotopic (exact) mass is 173 g/mol. The number of rotatable bonds is 3. The first-order chi connectivity index (χ1) is 5.83. The second-order valence-electron chi connectivity index (χ2n) is 2.84. The summed E-state index contributed by atoms with van der Waals surface area (Å²) in [4.78, 5) is 10.8. The van der Waals surface area contributed by atoms with E-state index in [2.05, 4.69) is 10.1 Å². The Bertz CT molecular complexity index is 143. The summed E-state index contributed by atoms with van der Waals surface area (Å²) < 4.78 is 9.77. The third-order valence-corrected chi connectivity index (χ3v) is 1.92. The van der Waals surface area contributed by atoms with Gasteiger partial charge < -0.3 is 14.8 Å². The Balaban J connectivity index is 2.09. The fourth-order valence-corrected chi connectivity index (χ4v) is 1.20. The summed E-state index contributed by atoms with van der Waals surface area (Å²) in [7, 11) is 1.41. The second kappa shape index (κ2) is 5.11. The molecule has 0 aromatic rings. The Labute approximate surface area is 72.2 Å². The largest absolute Gasteiger partial charge is 0.469 e. The number of nitrogens with one attached hydrogen (secondary N) is 1.